The summed E-state index contributed by atoms with van der Waals surface area (Å²) in [6.07, 6.45) is 5.28. The zero-order valence-corrected chi connectivity index (χ0v) is 12.2. The predicted molar refractivity (Wildman–Crippen MR) is 78.9 cm³/mol. The molecule has 1 aromatic heterocycles. The molecule has 1 aliphatic rings. The number of anilines is 1. The highest BCUT2D eigenvalue weighted by Gasteiger charge is 2.21. The second-order valence-corrected chi connectivity index (χ2v) is 5.44. The molecule has 2 atom stereocenters. The van der Waals surface area contributed by atoms with E-state index in [2.05, 4.69) is 22.5 Å². The average Bonchev–Trinajstić information content (AvgIpc) is 2.85. The van der Waals surface area contributed by atoms with Crippen molar-refractivity contribution in [3.8, 4) is 0 Å². The molecule has 0 radical (unpaired) electrons. The fraction of sp³-hybridized carbons (Fsp3) is 0.600. The molecule has 110 valence electrons. The number of hydrogen-bond donors (Lipinski definition) is 2. The highest BCUT2D eigenvalue weighted by Crippen LogP contribution is 2.26. The van der Waals surface area contributed by atoms with Gasteiger partial charge in [0, 0.05) is 25.9 Å². The molecular weight excluding hydrogens is 254 g/mol. The van der Waals surface area contributed by atoms with Gasteiger partial charge in [0.2, 0.25) is 0 Å². The second kappa shape index (κ2) is 7.24. The molecule has 0 bridgehead atoms. The van der Waals surface area contributed by atoms with Crippen LogP contribution < -0.4 is 10.6 Å². The minimum Gasteiger partial charge on any atom is -0.383 e. The second-order valence-electron chi connectivity index (χ2n) is 5.44. The van der Waals surface area contributed by atoms with Crippen LogP contribution in [0.3, 0.4) is 0 Å². The molecule has 1 amide bonds. The summed E-state index contributed by atoms with van der Waals surface area (Å²) in [5, 5.41) is 6.20. The largest absolute Gasteiger partial charge is 0.383 e. The summed E-state index contributed by atoms with van der Waals surface area (Å²) in [7, 11) is 1.61. The Morgan fingerprint density at radius 3 is 2.90 bits per heavy atom. The Kier molecular flexibility index (Phi) is 5.35. The number of carbonyl (C=O) groups excluding carboxylic acids is 1. The fourth-order valence-corrected chi connectivity index (χ4v) is 2.53. The van der Waals surface area contributed by atoms with Crippen molar-refractivity contribution in [1.82, 2.24) is 10.3 Å². The van der Waals surface area contributed by atoms with E-state index in [0.717, 1.165) is 11.7 Å². The quantitative estimate of drug-likeness (QED) is 0.781. The van der Waals surface area contributed by atoms with Crippen LogP contribution in [0.25, 0.3) is 0 Å². The van der Waals surface area contributed by atoms with Crippen LogP contribution in [-0.2, 0) is 4.74 Å². The van der Waals surface area contributed by atoms with E-state index in [4.69, 9.17) is 4.74 Å². The molecule has 0 spiro atoms. The molecule has 0 saturated heterocycles. The maximum Gasteiger partial charge on any atom is 0.252 e. The summed E-state index contributed by atoms with van der Waals surface area (Å²) < 4.78 is 4.89. The van der Waals surface area contributed by atoms with Gasteiger partial charge in [0.05, 0.1) is 12.2 Å². The molecule has 1 heterocycles. The zero-order valence-electron chi connectivity index (χ0n) is 12.2. The van der Waals surface area contributed by atoms with Gasteiger partial charge in [0.25, 0.3) is 5.91 Å². The van der Waals surface area contributed by atoms with Crippen LogP contribution in [0.4, 0.5) is 5.82 Å². The highest BCUT2D eigenvalue weighted by molar-refractivity contribution is 5.94. The maximum atomic E-state index is 11.8. The number of ether oxygens (including phenoxy) is 1. The normalized spacial score (nSPS) is 21.7. The van der Waals surface area contributed by atoms with Crippen molar-refractivity contribution in [2.45, 2.75) is 32.2 Å². The van der Waals surface area contributed by atoms with Gasteiger partial charge in [0.15, 0.2) is 0 Å². The first-order chi connectivity index (χ1) is 9.69. The molecule has 2 unspecified atom stereocenters. The number of rotatable bonds is 6. The summed E-state index contributed by atoms with van der Waals surface area (Å²) in [5.74, 6) is 1.52. The lowest BCUT2D eigenvalue weighted by atomic mass is 10.1. The number of hydrogen-bond acceptors (Lipinski definition) is 4. The van der Waals surface area contributed by atoms with Gasteiger partial charge >= 0.3 is 0 Å². The van der Waals surface area contributed by atoms with Crippen molar-refractivity contribution in [1.29, 1.82) is 0 Å². The van der Waals surface area contributed by atoms with Gasteiger partial charge in [-0.2, -0.15) is 0 Å². The molecular formula is C15H23N3O2. The summed E-state index contributed by atoms with van der Waals surface area (Å²) in [5.41, 5.74) is 0.575. The van der Waals surface area contributed by atoms with Crippen molar-refractivity contribution in [2.75, 3.05) is 25.6 Å². The van der Waals surface area contributed by atoms with Gasteiger partial charge in [0.1, 0.15) is 5.82 Å². The fourth-order valence-electron chi connectivity index (χ4n) is 2.53. The molecule has 5 nitrogen and oxygen atoms in total. The van der Waals surface area contributed by atoms with E-state index < -0.39 is 0 Å². The third kappa shape index (κ3) is 4.20. The van der Waals surface area contributed by atoms with Gasteiger partial charge in [-0.25, -0.2) is 4.98 Å². The van der Waals surface area contributed by atoms with Gasteiger partial charge in [-0.3, -0.25) is 4.79 Å². The summed E-state index contributed by atoms with van der Waals surface area (Å²) >= 11 is 0. The lowest BCUT2D eigenvalue weighted by molar-refractivity contribution is 0.0937. The number of nitrogens with one attached hydrogen (secondary N) is 2. The average molecular weight is 277 g/mol. The number of aromatic nitrogens is 1. The topological polar surface area (TPSA) is 63.2 Å². The van der Waals surface area contributed by atoms with E-state index in [1.54, 1.807) is 19.4 Å². The Balaban J connectivity index is 1.84. The highest BCUT2D eigenvalue weighted by atomic mass is 16.5. The SMILES string of the molecule is COCCNC(=O)c1ccc(NC2CCC(C)C2)nc1. The molecule has 1 aliphatic carbocycles. The Hall–Kier alpha value is -1.62. The first-order valence-electron chi connectivity index (χ1n) is 7.18. The van der Waals surface area contributed by atoms with Crippen LogP contribution >= 0.6 is 0 Å². The van der Waals surface area contributed by atoms with Gasteiger partial charge in [-0.05, 0) is 37.3 Å². The molecule has 5 heteroatoms. The van der Waals surface area contributed by atoms with Crippen LogP contribution in [0.1, 0.15) is 36.5 Å². The van der Waals surface area contributed by atoms with E-state index >= 15 is 0 Å². The van der Waals surface area contributed by atoms with Crippen LogP contribution in [0.15, 0.2) is 18.3 Å². The van der Waals surface area contributed by atoms with Crippen molar-refractivity contribution in [2.24, 2.45) is 5.92 Å². The zero-order chi connectivity index (χ0) is 14.4. The smallest absolute Gasteiger partial charge is 0.252 e. The van der Waals surface area contributed by atoms with Gasteiger partial charge < -0.3 is 15.4 Å². The van der Waals surface area contributed by atoms with Crippen LogP contribution in [-0.4, -0.2) is 37.2 Å². The number of methoxy groups -OCH3 is 1. The standard InChI is InChI=1S/C15H23N3O2/c1-11-3-5-13(9-11)18-14-6-4-12(10-17-14)15(19)16-7-8-20-2/h4,6,10-11,13H,3,5,7-9H2,1-2H3,(H,16,19)(H,17,18). The number of amides is 1. The van der Waals surface area contributed by atoms with Crippen molar-refractivity contribution in [3.05, 3.63) is 23.9 Å². The lowest BCUT2D eigenvalue weighted by Crippen LogP contribution is -2.27. The maximum absolute atomic E-state index is 11.8. The molecule has 20 heavy (non-hydrogen) atoms. The number of pyridine rings is 1. The Labute approximate surface area is 120 Å². The monoisotopic (exact) mass is 277 g/mol. The van der Waals surface area contributed by atoms with E-state index in [-0.39, 0.29) is 5.91 Å². The minimum atomic E-state index is -0.115. The van der Waals surface area contributed by atoms with E-state index in [1.807, 2.05) is 6.07 Å². The third-order valence-electron chi connectivity index (χ3n) is 3.66. The summed E-state index contributed by atoms with van der Waals surface area (Å²) in [6.45, 7) is 3.30. The Morgan fingerprint density at radius 1 is 1.45 bits per heavy atom. The molecule has 1 aromatic rings. The first-order valence-corrected chi connectivity index (χ1v) is 7.18. The molecule has 1 saturated carbocycles. The predicted octanol–water partition coefficient (Wildman–Crippen LogP) is 2.06. The lowest BCUT2D eigenvalue weighted by Gasteiger charge is -2.13. The Bertz CT molecular complexity index is 433. The molecule has 2 N–H and O–H groups in total. The molecule has 1 fully saturated rings. The minimum absolute atomic E-state index is 0.115. The van der Waals surface area contributed by atoms with Crippen molar-refractivity contribution >= 4 is 11.7 Å². The van der Waals surface area contributed by atoms with E-state index in [1.165, 1.54) is 19.3 Å². The molecule has 0 aromatic carbocycles. The van der Waals surface area contributed by atoms with Gasteiger partial charge in [-0.1, -0.05) is 6.92 Å². The number of nitrogens with zero attached hydrogens (tertiary/aromatic N) is 1. The van der Waals surface area contributed by atoms with Crippen molar-refractivity contribution < 1.29 is 9.53 Å². The molecule has 0 aliphatic heterocycles. The van der Waals surface area contributed by atoms with Crippen LogP contribution in [0.5, 0.6) is 0 Å². The summed E-state index contributed by atoms with van der Waals surface area (Å²) in [6, 6.07) is 4.18. The third-order valence-corrected chi connectivity index (χ3v) is 3.66. The first kappa shape index (κ1) is 14.8. The van der Waals surface area contributed by atoms with E-state index in [0.29, 0.717) is 24.8 Å². The molecule has 2 rings (SSSR count). The number of carbonyl (C=O) groups is 1. The Morgan fingerprint density at radius 2 is 2.30 bits per heavy atom. The van der Waals surface area contributed by atoms with Gasteiger partial charge in [-0.15, -0.1) is 0 Å². The van der Waals surface area contributed by atoms with Crippen molar-refractivity contribution in [3.63, 3.8) is 0 Å². The summed E-state index contributed by atoms with van der Waals surface area (Å²) in [4.78, 5) is 16.1. The van der Waals surface area contributed by atoms with Crippen LogP contribution in [0.2, 0.25) is 0 Å². The van der Waals surface area contributed by atoms with E-state index in [9.17, 15) is 4.79 Å². The van der Waals surface area contributed by atoms with Crippen LogP contribution in [0, 0.1) is 5.92 Å².